The quantitative estimate of drug-likeness (QED) is 0.656. The number of hydrogen-bond acceptors (Lipinski definition) is 5. The first kappa shape index (κ1) is 18.7. The van der Waals surface area contributed by atoms with Crippen molar-refractivity contribution < 1.29 is 23.8 Å². The second-order valence-corrected chi connectivity index (χ2v) is 5.36. The number of nitrogens with one attached hydrogen (secondary N) is 2. The average Bonchev–Trinajstić information content (AvgIpc) is 2.61. The lowest BCUT2D eigenvalue weighted by molar-refractivity contribution is -0.119. The van der Waals surface area contributed by atoms with Gasteiger partial charge in [0.2, 0.25) is 0 Å². The highest BCUT2D eigenvalue weighted by Crippen LogP contribution is 2.19. The number of esters is 1. The van der Waals surface area contributed by atoms with Gasteiger partial charge in [-0.25, -0.2) is 9.18 Å². The van der Waals surface area contributed by atoms with Crippen LogP contribution in [0.2, 0.25) is 5.02 Å². The molecule has 0 fully saturated rings. The van der Waals surface area contributed by atoms with Crippen LogP contribution in [-0.4, -0.2) is 36.7 Å². The fraction of sp³-hybridized carbons (Fsp3) is 0.176. The number of carbonyl (C=O) groups excluding carboxylic acids is 2. The normalized spacial score (nSPS) is 10.2. The molecule has 2 aromatic rings. The number of aliphatic hydroxyl groups excluding tert-OH is 1. The van der Waals surface area contributed by atoms with Crippen LogP contribution in [0.3, 0.4) is 0 Å². The smallest absolute Gasteiger partial charge is 0.340 e. The summed E-state index contributed by atoms with van der Waals surface area (Å²) in [6, 6.07) is 10.3. The Morgan fingerprint density at radius 1 is 1.20 bits per heavy atom. The van der Waals surface area contributed by atoms with Crippen LogP contribution in [-0.2, 0) is 9.53 Å². The highest BCUT2D eigenvalue weighted by atomic mass is 35.5. The van der Waals surface area contributed by atoms with Crippen LogP contribution < -0.4 is 10.6 Å². The van der Waals surface area contributed by atoms with Crippen LogP contribution in [0.25, 0.3) is 0 Å². The molecule has 3 N–H and O–H groups in total. The lowest BCUT2D eigenvalue weighted by Gasteiger charge is -2.11. The summed E-state index contributed by atoms with van der Waals surface area (Å²) in [5.74, 6) is -1.87. The van der Waals surface area contributed by atoms with Crippen molar-refractivity contribution in [2.24, 2.45) is 0 Å². The second-order valence-electron chi connectivity index (χ2n) is 4.95. The zero-order valence-corrected chi connectivity index (χ0v) is 13.8. The minimum atomic E-state index is -0.687. The van der Waals surface area contributed by atoms with Gasteiger partial charge in [-0.2, -0.15) is 0 Å². The summed E-state index contributed by atoms with van der Waals surface area (Å²) in [5.41, 5.74) is 1.03. The van der Waals surface area contributed by atoms with Crippen LogP contribution >= 0.6 is 11.6 Å². The number of hydrogen-bond donors (Lipinski definition) is 3. The number of para-hydroxylation sites is 1. The number of halogens is 2. The van der Waals surface area contributed by atoms with Gasteiger partial charge in [0.15, 0.2) is 6.61 Å². The summed E-state index contributed by atoms with van der Waals surface area (Å²) in [5, 5.41) is 14.1. The Morgan fingerprint density at radius 2 is 1.96 bits per heavy atom. The van der Waals surface area contributed by atoms with Crippen LogP contribution in [0, 0.1) is 5.82 Å². The SMILES string of the molecule is O=C(COC(=O)c1ccccc1NCCO)Nc1ccc(F)c(Cl)c1. The number of benzene rings is 2. The number of carbonyl (C=O) groups is 2. The van der Waals surface area contributed by atoms with Gasteiger partial charge in [-0.3, -0.25) is 4.79 Å². The van der Waals surface area contributed by atoms with Gasteiger partial charge in [-0.1, -0.05) is 23.7 Å². The fourth-order valence-electron chi connectivity index (χ4n) is 1.99. The molecule has 1 amide bonds. The van der Waals surface area contributed by atoms with Crippen LogP contribution in [0.4, 0.5) is 15.8 Å². The van der Waals surface area contributed by atoms with Gasteiger partial charge in [0.25, 0.3) is 5.91 Å². The van der Waals surface area contributed by atoms with E-state index >= 15 is 0 Å². The number of ether oxygens (including phenoxy) is 1. The van der Waals surface area contributed by atoms with E-state index in [1.165, 1.54) is 12.1 Å². The molecule has 25 heavy (non-hydrogen) atoms. The van der Waals surface area contributed by atoms with Crippen molar-refractivity contribution in [2.75, 3.05) is 30.4 Å². The first-order valence-corrected chi connectivity index (χ1v) is 7.75. The van der Waals surface area contributed by atoms with Gasteiger partial charge in [0.05, 0.1) is 17.2 Å². The molecule has 8 heteroatoms. The Kier molecular flexibility index (Phi) is 6.73. The van der Waals surface area contributed by atoms with Crippen LogP contribution in [0.15, 0.2) is 42.5 Å². The number of aliphatic hydroxyl groups is 1. The molecule has 0 aliphatic heterocycles. The average molecular weight is 367 g/mol. The Labute approximate surface area is 148 Å². The van der Waals surface area contributed by atoms with Crippen molar-refractivity contribution in [1.29, 1.82) is 0 Å². The molecular weight excluding hydrogens is 351 g/mol. The third kappa shape index (κ3) is 5.44. The van der Waals surface area contributed by atoms with E-state index < -0.39 is 24.3 Å². The largest absolute Gasteiger partial charge is 0.452 e. The summed E-state index contributed by atoms with van der Waals surface area (Å²) < 4.78 is 18.0. The van der Waals surface area contributed by atoms with E-state index in [2.05, 4.69) is 10.6 Å². The maximum absolute atomic E-state index is 13.1. The maximum Gasteiger partial charge on any atom is 0.340 e. The highest BCUT2D eigenvalue weighted by Gasteiger charge is 2.14. The van der Waals surface area contributed by atoms with Crippen LogP contribution in [0.5, 0.6) is 0 Å². The summed E-state index contributed by atoms with van der Waals surface area (Å²) in [6.07, 6.45) is 0. The summed E-state index contributed by atoms with van der Waals surface area (Å²) in [4.78, 5) is 23.9. The topological polar surface area (TPSA) is 87.7 Å². The highest BCUT2D eigenvalue weighted by molar-refractivity contribution is 6.31. The third-order valence-corrected chi connectivity index (χ3v) is 3.40. The van der Waals surface area contributed by atoms with Crippen molar-refractivity contribution in [3.8, 4) is 0 Å². The van der Waals surface area contributed by atoms with E-state index in [-0.39, 0.29) is 29.4 Å². The second kappa shape index (κ2) is 9.00. The van der Waals surface area contributed by atoms with Crippen LogP contribution in [0.1, 0.15) is 10.4 Å². The first-order valence-electron chi connectivity index (χ1n) is 7.37. The lowest BCUT2D eigenvalue weighted by Crippen LogP contribution is -2.21. The molecular formula is C17H16ClFN2O4. The molecule has 2 rings (SSSR count). The predicted molar refractivity (Wildman–Crippen MR) is 92.3 cm³/mol. The van der Waals surface area contributed by atoms with Crippen molar-refractivity contribution in [3.63, 3.8) is 0 Å². The monoisotopic (exact) mass is 366 g/mol. The standard InChI is InChI=1S/C17H16ClFN2O4/c18-13-9-11(5-6-14(13)19)21-16(23)10-25-17(24)12-3-1-2-4-15(12)20-7-8-22/h1-6,9,20,22H,7-8,10H2,(H,21,23). The van der Waals surface area contributed by atoms with Crippen molar-refractivity contribution >= 4 is 34.9 Å². The zero-order valence-electron chi connectivity index (χ0n) is 13.1. The molecule has 0 aliphatic carbocycles. The third-order valence-electron chi connectivity index (χ3n) is 3.11. The van der Waals surface area contributed by atoms with Gasteiger partial charge in [0.1, 0.15) is 5.82 Å². The van der Waals surface area contributed by atoms with E-state index in [0.717, 1.165) is 6.07 Å². The minimum absolute atomic E-state index is 0.0913. The summed E-state index contributed by atoms with van der Waals surface area (Å²) in [6.45, 7) is -0.329. The van der Waals surface area contributed by atoms with E-state index in [1.807, 2.05) is 0 Å². The Bertz CT molecular complexity index is 770. The van der Waals surface area contributed by atoms with E-state index in [9.17, 15) is 14.0 Å². The number of amides is 1. The van der Waals surface area contributed by atoms with Crippen molar-refractivity contribution in [3.05, 3.63) is 58.9 Å². The molecule has 132 valence electrons. The first-order chi connectivity index (χ1) is 12.0. The Morgan fingerprint density at radius 3 is 2.68 bits per heavy atom. The van der Waals surface area contributed by atoms with Gasteiger partial charge in [0, 0.05) is 17.9 Å². The lowest BCUT2D eigenvalue weighted by atomic mass is 10.2. The Balaban J connectivity index is 1.93. The molecule has 0 unspecified atom stereocenters. The molecule has 0 saturated heterocycles. The van der Waals surface area contributed by atoms with E-state index in [0.29, 0.717) is 5.69 Å². The fourth-order valence-corrected chi connectivity index (χ4v) is 2.17. The van der Waals surface area contributed by atoms with Gasteiger partial charge in [-0.05, 0) is 30.3 Å². The zero-order chi connectivity index (χ0) is 18.2. The van der Waals surface area contributed by atoms with Crippen molar-refractivity contribution in [1.82, 2.24) is 0 Å². The minimum Gasteiger partial charge on any atom is -0.452 e. The summed E-state index contributed by atoms with van der Waals surface area (Å²) in [7, 11) is 0. The molecule has 0 aromatic heterocycles. The number of anilines is 2. The summed E-state index contributed by atoms with van der Waals surface area (Å²) >= 11 is 5.63. The van der Waals surface area contributed by atoms with Gasteiger partial charge >= 0.3 is 5.97 Å². The predicted octanol–water partition coefficient (Wildman–Crippen LogP) is 2.68. The molecule has 0 heterocycles. The molecule has 0 saturated carbocycles. The molecule has 0 atom stereocenters. The van der Waals surface area contributed by atoms with Gasteiger partial charge in [-0.15, -0.1) is 0 Å². The molecule has 2 aromatic carbocycles. The van der Waals surface area contributed by atoms with E-state index in [4.69, 9.17) is 21.4 Å². The van der Waals surface area contributed by atoms with Crippen molar-refractivity contribution in [2.45, 2.75) is 0 Å². The maximum atomic E-state index is 13.1. The number of rotatable bonds is 7. The van der Waals surface area contributed by atoms with E-state index in [1.54, 1.807) is 24.3 Å². The molecule has 0 aliphatic rings. The molecule has 0 spiro atoms. The molecule has 6 nitrogen and oxygen atoms in total. The Hall–Kier alpha value is -2.64. The molecule has 0 radical (unpaired) electrons. The molecule has 0 bridgehead atoms. The van der Waals surface area contributed by atoms with Gasteiger partial charge < -0.3 is 20.5 Å².